The Kier molecular flexibility index (Phi) is 5.72. The quantitative estimate of drug-likeness (QED) is 0.576. The van der Waals surface area contributed by atoms with E-state index in [1.165, 1.54) is 11.9 Å². The predicted octanol–water partition coefficient (Wildman–Crippen LogP) is 2.24. The highest BCUT2D eigenvalue weighted by molar-refractivity contribution is 5.92. The highest BCUT2D eigenvalue weighted by Crippen LogP contribution is 2.08. The number of benzene rings is 2. The van der Waals surface area contributed by atoms with Gasteiger partial charge < -0.3 is 16.4 Å². The maximum atomic E-state index is 11.1. The van der Waals surface area contributed by atoms with E-state index in [2.05, 4.69) is 37.7 Å². The minimum Gasteiger partial charge on any atom is -0.366 e. The first kappa shape index (κ1) is 17.3. The smallest absolute Gasteiger partial charge is 0.248 e. The molecule has 3 aromatic rings. The molecular formula is C19H20N6O. The second-order valence-corrected chi connectivity index (χ2v) is 5.71. The Morgan fingerprint density at radius 2 is 1.58 bits per heavy atom. The van der Waals surface area contributed by atoms with E-state index in [0.29, 0.717) is 24.0 Å². The van der Waals surface area contributed by atoms with Crippen molar-refractivity contribution in [3.8, 4) is 0 Å². The number of nitrogens with two attached hydrogens (primary N) is 1. The van der Waals surface area contributed by atoms with Crippen LogP contribution in [0.3, 0.4) is 0 Å². The summed E-state index contributed by atoms with van der Waals surface area (Å²) in [6.07, 6.45) is 2.36. The lowest BCUT2D eigenvalue weighted by atomic mass is 10.1. The Bertz CT molecular complexity index is 851. The van der Waals surface area contributed by atoms with Crippen LogP contribution in [0.5, 0.6) is 0 Å². The summed E-state index contributed by atoms with van der Waals surface area (Å²) in [5.41, 5.74) is 7.97. The van der Waals surface area contributed by atoms with Gasteiger partial charge in [-0.2, -0.15) is 4.98 Å². The lowest BCUT2D eigenvalue weighted by Gasteiger charge is -2.08. The summed E-state index contributed by atoms with van der Waals surface area (Å²) in [6, 6.07) is 17.3. The second kappa shape index (κ2) is 8.57. The molecule has 0 saturated heterocycles. The van der Waals surface area contributed by atoms with Gasteiger partial charge in [-0.05, 0) is 29.7 Å². The Morgan fingerprint density at radius 3 is 2.27 bits per heavy atom. The number of primary amides is 1. The molecule has 0 aliphatic rings. The van der Waals surface area contributed by atoms with E-state index in [9.17, 15) is 4.79 Å². The first-order valence-electron chi connectivity index (χ1n) is 8.30. The summed E-state index contributed by atoms with van der Waals surface area (Å²) in [5, 5.41) is 6.34. The van der Waals surface area contributed by atoms with Crippen LogP contribution in [0.25, 0.3) is 0 Å². The molecule has 2 aromatic carbocycles. The fourth-order valence-corrected chi connectivity index (χ4v) is 2.40. The van der Waals surface area contributed by atoms with Crippen LogP contribution in [-0.2, 0) is 13.0 Å². The first-order valence-corrected chi connectivity index (χ1v) is 8.30. The summed E-state index contributed by atoms with van der Waals surface area (Å²) >= 11 is 0. The molecule has 0 aliphatic heterocycles. The molecule has 0 fully saturated rings. The highest BCUT2D eigenvalue weighted by atomic mass is 16.1. The highest BCUT2D eigenvalue weighted by Gasteiger charge is 2.03. The minimum atomic E-state index is -0.437. The molecule has 0 aliphatic carbocycles. The van der Waals surface area contributed by atoms with Gasteiger partial charge >= 0.3 is 0 Å². The molecule has 4 N–H and O–H groups in total. The third-order valence-corrected chi connectivity index (χ3v) is 3.80. The van der Waals surface area contributed by atoms with Crippen LogP contribution in [0.4, 0.5) is 11.9 Å². The van der Waals surface area contributed by atoms with Gasteiger partial charge in [-0.25, -0.2) is 9.97 Å². The van der Waals surface area contributed by atoms with Crippen molar-refractivity contribution in [1.29, 1.82) is 0 Å². The van der Waals surface area contributed by atoms with Gasteiger partial charge in [0.15, 0.2) is 0 Å². The zero-order valence-electron chi connectivity index (χ0n) is 14.2. The van der Waals surface area contributed by atoms with Gasteiger partial charge in [0.2, 0.25) is 17.8 Å². The van der Waals surface area contributed by atoms with Gasteiger partial charge in [0.05, 0.1) is 0 Å². The van der Waals surface area contributed by atoms with E-state index in [1.807, 2.05) is 30.3 Å². The molecule has 7 heteroatoms. The van der Waals surface area contributed by atoms with Crippen molar-refractivity contribution >= 4 is 17.8 Å². The Morgan fingerprint density at radius 1 is 0.885 bits per heavy atom. The Labute approximate surface area is 151 Å². The van der Waals surface area contributed by atoms with Gasteiger partial charge in [-0.1, -0.05) is 42.5 Å². The topological polar surface area (TPSA) is 106 Å². The van der Waals surface area contributed by atoms with Crippen molar-refractivity contribution in [2.45, 2.75) is 13.0 Å². The normalized spacial score (nSPS) is 10.3. The fraction of sp³-hybridized carbons (Fsp3) is 0.158. The van der Waals surface area contributed by atoms with Crippen LogP contribution >= 0.6 is 0 Å². The maximum Gasteiger partial charge on any atom is 0.248 e. The van der Waals surface area contributed by atoms with E-state index in [-0.39, 0.29) is 0 Å². The third kappa shape index (κ3) is 5.01. The molecule has 1 aromatic heterocycles. The maximum absolute atomic E-state index is 11.1. The van der Waals surface area contributed by atoms with Gasteiger partial charge in [-0.15, -0.1) is 0 Å². The fourth-order valence-electron chi connectivity index (χ4n) is 2.40. The van der Waals surface area contributed by atoms with Crippen molar-refractivity contribution in [2.75, 3.05) is 17.2 Å². The Balaban J connectivity index is 1.51. The zero-order chi connectivity index (χ0) is 18.2. The van der Waals surface area contributed by atoms with Crippen LogP contribution in [0.15, 0.2) is 60.9 Å². The molecule has 0 atom stereocenters. The van der Waals surface area contributed by atoms with Gasteiger partial charge in [0, 0.05) is 18.7 Å². The van der Waals surface area contributed by atoms with E-state index in [1.54, 1.807) is 12.1 Å². The molecule has 0 unspecified atom stereocenters. The zero-order valence-corrected chi connectivity index (χ0v) is 14.2. The number of carbonyl (C=O) groups excluding carboxylic acids is 1. The van der Waals surface area contributed by atoms with Crippen LogP contribution in [0.1, 0.15) is 21.5 Å². The summed E-state index contributed by atoms with van der Waals surface area (Å²) in [5.74, 6) is 0.580. The molecule has 0 bridgehead atoms. The standard InChI is InChI=1S/C19H20N6O/c20-17(26)16-8-6-15(7-9-16)12-22-19-24-13-23-18(25-19)21-11-10-14-4-2-1-3-5-14/h1-9,13H,10-12H2,(H2,20,26)(H2,21,22,23,24,25). The van der Waals surface area contributed by atoms with E-state index < -0.39 is 5.91 Å². The number of hydrogen-bond donors (Lipinski definition) is 3. The van der Waals surface area contributed by atoms with Crippen molar-refractivity contribution in [3.63, 3.8) is 0 Å². The molecule has 7 nitrogen and oxygen atoms in total. The van der Waals surface area contributed by atoms with Crippen molar-refractivity contribution in [1.82, 2.24) is 15.0 Å². The number of aromatic nitrogens is 3. The number of nitrogens with one attached hydrogen (secondary N) is 2. The lowest BCUT2D eigenvalue weighted by Crippen LogP contribution is -2.12. The van der Waals surface area contributed by atoms with Crippen LogP contribution < -0.4 is 16.4 Å². The van der Waals surface area contributed by atoms with E-state index in [0.717, 1.165) is 18.5 Å². The molecule has 3 rings (SSSR count). The minimum absolute atomic E-state index is 0.437. The van der Waals surface area contributed by atoms with Gasteiger partial charge in [-0.3, -0.25) is 4.79 Å². The monoisotopic (exact) mass is 348 g/mol. The van der Waals surface area contributed by atoms with E-state index >= 15 is 0 Å². The average molecular weight is 348 g/mol. The number of nitrogens with zero attached hydrogens (tertiary/aromatic N) is 3. The van der Waals surface area contributed by atoms with Crippen molar-refractivity contribution < 1.29 is 4.79 Å². The molecule has 132 valence electrons. The number of rotatable bonds is 8. The van der Waals surface area contributed by atoms with Crippen molar-refractivity contribution in [3.05, 3.63) is 77.6 Å². The molecule has 0 spiro atoms. The van der Waals surface area contributed by atoms with Crippen molar-refractivity contribution in [2.24, 2.45) is 5.73 Å². The Hall–Kier alpha value is -3.48. The molecule has 1 amide bonds. The number of amides is 1. The second-order valence-electron chi connectivity index (χ2n) is 5.71. The first-order chi connectivity index (χ1) is 12.7. The van der Waals surface area contributed by atoms with Gasteiger partial charge in [0.25, 0.3) is 0 Å². The number of carbonyl (C=O) groups is 1. The third-order valence-electron chi connectivity index (χ3n) is 3.80. The summed E-state index contributed by atoms with van der Waals surface area (Å²) in [4.78, 5) is 23.7. The average Bonchev–Trinajstić information content (AvgIpc) is 2.68. The van der Waals surface area contributed by atoms with Gasteiger partial charge in [0.1, 0.15) is 6.33 Å². The largest absolute Gasteiger partial charge is 0.366 e. The molecule has 0 saturated carbocycles. The molecule has 1 heterocycles. The molecule has 0 radical (unpaired) electrons. The lowest BCUT2D eigenvalue weighted by molar-refractivity contribution is 0.100. The van der Waals surface area contributed by atoms with Crippen LogP contribution in [-0.4, -0.2) is 27.4 Å². The predicted molar refractivity (Wildman–Crippen MR) is 101 cm³/mol. The summed E-state index contributed by atoms with van der Waals surface area (Å²) in [7, 11) is 0. The number of hydrogen-bond acceptors (Lipinski definition) is 6. The molecule has 26 heavy (non-hydrogen) atoms. The summed E-state index contributed by atoms with van der Waals surface area (Å²) in [6.45, 7) is 1.27. The van der Waals surface area contributed by atoms with Crippen LogP contribution in [0.2, 0.25) is 0 Å². The summed E-state index contributed by atoms with van der Waals surface area (Å²) < 4.78 is 0. The number of anilines is 2. The SMILES string of the molecule is NC(=O)c1ccc(CNc2ncnc(NCCc3ccccc3)n2)cc1. The van der Waals surface area contributed by atoms with E-state index in [4.69, 9.17) is 5.73 Å². The molecular weight excluding hydrogens is 328 g/mol. The van der Waals surface area contributed by atoms with Crippen LogP contribution in [0, 0.1) is 0 Å².